The molecule has 6 nitrogen and oxygen atoms in total. The Morgan fingerprint density at radius 3 is 2.69 bits per heavy atom. The molecule has 7 heteroatoms. The lowest BCUT2D eigenvalue weighted by Crippen LogP contribution is -2.15. The molecule has 1 heterocycles. The number of rotatable bonds is 4. The van der Waals surface area contributed by atoms with Gasteiger partial charge in [0.25, 0.3) is 0 Å². The van der Waals surface area contributed by atoms with Crippen molar-refractivity contribution in [2.45, 2.75) is 13.8 Å². The van der Waals surface area contributed by atoms with Gasteiger partial charge in [-0.3, -0.25) is 10.1 Å². The third-order valence-electron chi connectivity index (χ3n) is 2.24. The maximum absolute atomic E-state index is 10.9. The zero-order valence-electron chi connectivity index (χ0n) is 9.08. The molecular weight excluding hydrogens is 232 g/mol. The number of nitrogens with one attached hydrogen (secondary N) is 1. The number of hydrogen-bond donors (Lipinski definition) is 2. The van der Waals surface area contributed by atoms with E-state index in [0.29, 0.717) is 30.0 Å². The molecule has 0 aliphatic rings. The average Bonchev–Trinajstić information content (AvgIpc) is 2.20. The van der Waals surface area contributed by atoms with Gasteiger partial charge in [-0.1, -0.05) is 11.6 Å². The third-order valence-corrected chi connectivity index (χ3v) is 2.51. The maximum atomic E-state index is 10.9. The SMILES string of the molecule is Cc1nc(Cl)c([N+](=O)[O-])c(NCCN)c1C. The monoisotopic (exact) mass is 244 g/mol. The highest BCUT2D eigenvalue weighted by Crippen LogP contribution is 2.34. The van der Waals surface area contributed by atoms with Crippen LogP contribution in [-0.4, -0.2) is 23.0 Å². The van der Waals surface area contributed by atoms with E-state index in [1.54, 1.807) is 13.8 Å². The Hall–Kier alpha value is -1.40. The van der Waals surface area contributed by atoms with Crippen LogP contribution >= 0.6 is 11.6 Å². The molecule has 88 valence electrons. The van der Waals surface area contributed by atoms with E-state index in [2.05, 4.69) is 10.3 Å². The van der Waals surface area contributed by atoms with Crippen molar-refractivity contribution in [3.05, 3.63) is 26.5 Å². The van der Waals surface area contributed by atoms with Crippen molar-refractivity contribution in [1.29, 1.82) is 0 Å². The molecular formula is C9H13ClN4O2. The first-order valence-electron chi connectivity index (χ1n) is 4.74. The minimum Gasteiger partial charge on any atom is -0.378 e. The molecule has 3 N–H and O–H groups in total. The van der Waals surface area contributed by atoms with E-state index >= 15 is 0 Å². The van der Waals surface area contributed by atoms with Crippen molar-refractivity contribution in [2.75, 3.05) is 18.4 Å². The van der Waals surface area contributed by atoms with E-state index < -0.39 is 4.92 Å². The predicted molar refractivity (Wildman–Crippen MR) is 62.9 cm³/mol. The molecule has 0 radical (unpaired) electrons. The number of hydrogen-bond acceptors (Lipinski definition) is 5. The summed E-state index contributed by atoms with van der Waals surface area (Å²) in [6.07, 6.45) is 0. The molecule has 0 saturated carbocycles. The Bertz CT molecular complexity index is 422. The van der Waals surface area contributed by atoms with Crippen LogP contribution in [0.15, 0.2) is 0 Å². The zero-order valence-corrected chi connectivity index (χ0v) is 9.84. The maximum Gasteiger partial charge on any atom is 0.329 e. The van der Waals surface area contributed by atoms with Crippen LogP contribution in [-0.2, 0) is 0 Å². The van der Waals surface area contributed by atoms with Crippen molar-refractivity contribution in [3.63, 3.8) is 0 Å². The number of nitrogens with two attached hydrogens (primary N) is 1. The topological polar surface area (TPSA) is 94.1 Å². The van der Waals surface area contributed by atoms with Crippen LogP contribution in [0, 0.1) is 24.0 Å². The molecule has 1 aromatic heterocycles. The number of pyridine rings is 1. The molecule has 0 aliphatic heterocycles. The Balaban J connectivity index is 3.33. The molecule has 0 amide bonds. The van der Waals surface area contributed by atoms with E-state index in [-0.39, 0.29) is 10.8 Å². The van der Waals surface area contributed by atoms with Gasteiger partial charge in [0.15, 0.2) is 0 Å². The first kappa shape index (κ1) is 12.7. The molecule has 0 bridgehead atoms. The van der Waals surface area contributed by atoms with E-state index in [4.69, 9.17) is 17.3 Å². The minimum atomic E-state index is -0.541. The zero-order chi connectivity index (χ0) is 12.3. The predicted octanol–water partition coefficient (Wildman–Crippen LogP) is 1.63. The minimum absolute atomic E-state index is 0.104. The normalized spacial score (nSPS) is 10.2. The fraction of sp³-hybridized carbons (Fsp3) is 0.444. The molecule has 0 saturated heterocycles. The smallest absolute Gasteiger partial charge is 0.329 e. The highest BCUT2D eigenvalue weighted by Gasteiger charge is 2.23. The van der Waals surface area contributed by atoms with Gasteiger partial charge in [-0.15, -0.1) is 0 Å². The highest BCUT2D eigenvalue weighted by molar-refractivity contribution is 6.32. The molecule has 0 atom stereocenters. The van der Waals surface area contributed by atoms with Crippen LogP contribution in [0.1, 0.15) is 11.3 Å². The molecule has 0 spiro atoms. The van der Waals surface area contributed by atoms with Gasteiger partial charge in [0.05, 0.1) is 4.92 Å². The van der Waals surface area contributed by atoms with E-state index in [1.807, 2.05) is 0 Å². The summed E-state index contributed by atoms with van der Waals surface area (Å²) < 4.78 is 0. The summed E-state index contributed by atoms with van der Waals surface area (Å²) in [5.74, 6) is 0. The first-order valence-corrected chi connectivity index (χ1v) is 5.11. The molecule has 16 heavy (non-hydrogen) atoms. The second-order valence-corrected chi connectivity index (χ2v) is 3.67. The van der Waals surface area contributed by atoms with Crippen LogP contribution < -0.4 is 11.1 Å². The molecule has 0 fully saturated rings. The summed E-state index contributed by atoms with van der Waals surface area (Å²) >= 11 is 5.76. The third kappa shape index (κ3) is 2.40. The Kier molecular flexibility index (Phi) is 4.03. The number of nitro groups is 1. The molecule has 1 rings (SSSR count). The number of nitrogens with zero attached hydrogens (tertiary/aromatic N) is 2. The number of aryl methyl sites for hydroxylation is 1. The van der Waals surface area contributed by atoms with Gasteiger partial charge in [0.2, 0.25) is 5.15 Å². The largest absolute Gasteiger partial charge is 0.378 e. The summed E-state index contributed by atoms with van der Waals surface area (Å²) in [6.45, 7) is 4.33. The Morgan fingerprint density at radius 2 is 2.19 bits per heavy atom. The summed E-state index contributed by atoms with van der Waals surface area (Å²) in [5.41, 5.74) is 6.92. The van der Waals surface area contributed by atoms with Crippen LogP contribution in [0.4, 0.5) is 11.4 Å². The van der Waals surface area contributed by atoms with Crippen molar-refractivity contribution in [1.82, 2.24) is 4.98 Å². The van der Waals surface area contributed by atoms with Gasteiger partial charge in [0.1, 0.15) is 5.69 Å². The Morgan fingerprint density at radius 1 is 1.56 bits per heavy atom. The van der Waals surface area contributed by atoms with Crippen LogP contribution in [0.25, 0.3) is 0 Å². The van der Waals surface area contributed by atoms with Gasteiger partial charge in [0, 0.05) is 24.3 Å². The first-order chi connectivity index (χ1) is 7.49. The van der Waals surface area contributed by atoms with Crippen molar-refractivity contribution in [3.8, 4) is 0 Å². The van der Waals surface area contributed by atoms with Crippen molar-refractivity contribution < 1.29 is 4.92 Å². The molecule has 1 aromatic rings. The highest BCUT2D eigenvalue weighted by atomic mass is 35.5. The lowest BCUT2D eigenvalue weighted by atomic mass is 10.1. The summed E-state index contributed by atoms with van der Waals surface area (Å²) in [7, 11) is 0. The number of anilines is 1. The van der Waals surface area contributed by atoms with Crippen molar-refractivity contribution >= 4 is 23.0 Å². The number of halogens is 1. The fourth-order valence-corrected chi connectivity index (χ4v) is 1.62. The summed E-state index contributed by atoms with van der Waals surface area (Å²) in [5, 5.41) is 13.7. The van der Waals surface area contributed by atoms with E-state index in [0.717, 1.165) is 0 Å². The molecule has 0 aliphatic carbocycles. The molecule has 0 aromatic carbocycles. The summed E-state index contributed by atoms with van der Waals surface area (Å²) in [6, 6.07) is 0. The lowest BCUT2D eigenvalue weighted by molar-refractivity contribution is -0.384. The standard InChI is InChI=1S/C9H13ClN4O2/c1-5-6(2)13-9(10)8(14(15)16)7(5)12-4-3-11/h3-4,11H2,1-2H3,(H,12,13). The quantitative estimate of drug-likeness (QED) is 0.477. The molecule has 0 unspecified atom stereocenters. The second-order valence-electron chi connectivity index (χ2n) is 3.31. The average molecular weight is 245 g/mol. The van der Waals surface area contributed by atoms with Gasteiger partial charge in [-0.25, -0.2) is 4.98 Å². The van der Waals surface area contributed by atoms with Gasteiger partial charge in [-0.05, 0) is 13.8 Å². The van der Waals surface area contributed by atoms with E-state index in [9.17, 15) is 10.1 Å². The summed E-state index contributed by atoms with van der Waals surface area (Å²) in [4.78, 5) is 14.3. The van der Waals surface area contributed by atoms with Crippen LogP contribution in [0.5, 0.6) is 0 Å². The van der Waals surface area contributed by atoms with Gasteiger partial charge < -0.3 is 11.1 Å². The Labute approximate surface area is 98.0 Å². The fourth-order valence-electron chi connectivity index (χ4n) is 1.33. The number of aromatic nitrogens is 1. The van der Waals surface area contributed by atoms with Crippen LogP contribution in [0.3, 0.4) is 0 Å². The lowest BCUT2D eigenvalue weighted by Gasteiger charge is -2.11. The second kappa shape index (κ2) is 5.09. The van der Waals surface area contributed by atoms with Crippen molar-refractivity contribution in [2.24, 2.45) is 5.73 Å². The van der Waals surface area contributed by atoms with E-state index in [1.165, 1.54) is 0 Å². The van der Waals surface area contributed by atoms with Crippen LogP contribution in [0.2, 0.25) is 5.15 Å². The van der Waals surface area contributed by atoms with Gasteiger partial charge >= 0.3 is 5.69 Å². The van der Waals surface area contributed by atoms with Gasteiger partial charge in [-0.2, -0.15) is 0 Å².